The van der Waals surface area contributed by atoms with Gasteiger partial charge in [0, 0.05) is 16.8 Å². The molecule has 2 heterocycles. The van der Waals surface area contributed by atoms with Crippen molar-refractivity contribution in [1.82, 2.24) is 19.7 Å². The van der Waals surface area contributed by atoms with E-state index in [2.05, 4.69) is 15.0 Å². The zero-order valence-corrected chi connectivity index (χ0v) is 18.1. The molecule has 29 heavy (non-hydrogen) atoms. The first kappa shape index (κ1) is 20.0. The first-order chi connectivity index (χ1) is 14.0. The molecule has 1 N–H and O–H groups in total. The van der Waals surface area contributed by atoms with Crippen LogP contribution in [0.1, 0.15) is 0 Å². The number of hydrogen-bond donors (Lipinski definition) is 1. The molecule has 5 nitrogen and oxygen atoms in total. The molecular weight excluding hydrogens is 451 g/mol. The smallest absolute Gasteiger partial charge is 0.187 e. The van der Waals surface area contributed by atoms with E-state index >= 15 is 0 Å². The number of hydrogen-bond acceptors (Lipinski definition) is 5. The minimum absolute atomic E-state index is 0.204. The van der Waals surface area contributed by atoms with Gasteiger partial charge in [0.05, 0.1) is 21.3 Å². The van der Waals surface area contributed by atoms with Gasteiger partial charge < -0.3 is 5.21 Å². The lowest BCUT2D eigenvalue weighted by molar-refractivity contribution is 0.195. The Kier molecular flexibility index (Phi) is 5.69. The molecule has 0 radical (unpaired) electrons. The van der Waals surface area contributed by atoms with E-state index < -0.39 is 0 Å². The molecule has 4 rings (SSSR count). The molecular formula is C20H13Cl3N4OS. The van der Waals surface area contributed by atoms with Crippen LogP contribution in [0, 0.1) is 0 Å². The summed E-state index contributed by atoms with van der Waals surface area (Å²) in [5.74, 6) is 0.204. The Morgan fingerprint density at radius 2 is 1.69 bits per heavy atom. The maximum absolute atomic E-state index is 11.1. The molecule has 0 atom stereocenters. The second kappa shape index (κ2) is 8.24. The fourth-order valence-corrected chi connectivity index (χ4v) is 4.04. The summed E-state index contributed by atoms with van der Waals surface area (Å²) in [6, 6.07) is 14.0. The Morgan fingerprint density at radius 1 is 0.966 bits per heavy atom. The normalized spacial score (nSPS) is 11.0. The summed E-state index contributed by atoms with van der Waals surface area (Å²) in [6.07, 6.45) is 3.51. The number of halogens is 3. The van der Waals surface area contributed by atoms with Crippen molar-refractivity contribution >= 4 is 46.6 Å². The number of benzene rings is 2. The average Bonchev–Trinajstić information content (AvgIpc) is 3.05. The van der Waals surface area contributed by atoms with Gasteiger partial charge in [-0.25, -0.2) is 15.0 Å². The second-order valence-corrected chi connectivity index (χ2v) is 8.00. The molecule has 2 aromatic carbocycles. The van der Waals surface area contributed by atoms with Gasteiger partial charge in [0.1, 0.15) is 11.4 Å². The third kappa shape index (κ3) is 3.81. The zero-order valence-electron chi connectivity index (χ0n) is 15.0. The van der Waals surface area contributed by atoms with Crippen LogP contribution in [-0.2, 0) is 0 Å². The van der Waals surface area contributed by atoms with Gasteiger partial charge >= 0.3 is 0 Å². The summed E-state index contributed by atoms with van der Waals surface area (Å²) in [5.41, 5.74) is 2.52. The van der Waals surface area contributed by atoms with Crippen molar-refractivity contribution in [2.45, 2.75) is 5.16 Å². The summed E-state index contributed by atoms with van der Waals surface area (Å²) < 4.78 is 0.954. The minimum atomic E-state index is 0.204. The van der Waals surface area contributed by atoms with Crippen molar-refractivity contribution in [3.05, 3.63) is 69.8 Å². The first-order valence-electron chi connectivity index (χ1n) is 8.39. The number of rotatable bonds is 4. The van der Waals surface area contributed by atoms with Crippen molar-refractivity contribution in [1.29, 1.82) is 0 Å². The summed E-state index contributed by atoms with van der Waals surface area (Å²) in [4.78, 5) is 13.4. The predicted molar refractivity (Wildman–Crippen MR) is 118 cm³/mol. The predicted octanol–water partition coefficient (Wildman–Crippen LogP) is 6.59. The van der Waals surface area contributed by atoms with Crippen LogP contribution in [0.3, 0.4) is 0 Å². The highest BCUT2D eigenvalue weighted by atomic mass is 35.5. The van der Waals surface area contributed by atoms with E-state index in [9.17, 15) is 5.21 Å². The van der Waals surface area contributed by atoms with E-state index in [-0.39, 0.29) is 5.82 Å². The summed E-state index contributed by atoms with van der Waals surface area (Å²) >= 11 is 20.3. The Bertz CT molecular complexity index is 1190. The molecule has 0 unspecified atom stereocenters. The average molecular weight is 464 g/mol. The van der Waals surface area contributed by atoms with Crippen molar-refractivity contribution in [3.8, 4) is 34.0 Å². The van der Waals surface area contributed by atoms with Gasteiger partial charge in [0.15, 0.2) is 11.0 Å². The van der Waals surface area contributed by atoms with E-state index in [4.69, 9.17) is 34.8 Å². The molecule has 9 heteroatoms. The van der Waals surface area contributed by atoms with Gasteiger partial charge in [-0.2, -0.15) is 4.73 Å². The Hall–Kier alpha value is -2.25. The quantitative estimate of drug-likeness (QED) is 0.210. The van der Waals surface area contributed by atoms with Crippen molar-refractivity contribution in [2.75, 3.05) is 6.26 Å². The highest BCUT2D eigenvalue weighted by Crippen LogP contribution is 2.40. The molecule has 0 aliphatic carbocycles. The molecule has 146 valence electrons. The van der Waals surface area contributed by atoms with Crippen molar-refractivity contribution in [3.63, 3.8) is 0 Å². The van der Waals surface area contributed by atoms with E-state index in [0.29, 0.717) is 48.4 Å². The van der Waals surface area contributed by atoms with Crippen LogP contribution >= 0.6 is 46.6 Å². The third-order valence-electron chi connectivity index (χ3n) is 4.20. The topological polar surface area (TPSA) is 63.8 Å². The maximum Gasteiger partial charge on any atom is 0.187 e. The lowest BCUT2D eigenvalue weighted by atomic mass is 10.1. The van der Waals surface area contributed by atoms with Gasteiger partial charge in [0.25, 0.3) is 0 Å². The van der Waals surface area contributed by atoms with E-state index in [1.807, 2.05) is 18.4 Å². The first-order valence-corrected chi connectivity index (χ1v) is 10.7. The van der Waals surface area contributed by atoms with Crippen LogP contribution in [0.2, 0.25) is 15.1 Å². The maximum atomic E-state index is 11.1. The van der Waals surface area contributed by atoms with Crippen LogP contribution < -0.4 is 0 Å². The molecule has 0 aliphatic rings. The zero-order chi connectivity index (χ0) is 20.5. The minimum Gasteiger partial charge on any atom is -0.426 e. The highest BCUT2D eigenvalue weighted by molar-refractivity contribution is 7.98. The van der Waals surface area contributed by atoms with Gasteiger partial charge in [-0.1, -0.05) is 64.8 Å². The third-order valence-corrected chi connectivity index (χ3v) is 5.62. The summed E-state index contributed by atoms with van der Waals surface area (Å²) in [7, 11) is 0. The van der Waals surface area contributed by atoms with Crippen LogP contribution in [0.4, 0.5) is 0 Å². The number of nitrogens with zero attached hydrogens (tertiary/aromatic N) is 4. The monoisotopic (exact) mass is 462 g/mol. The Balaban J connectivity index is 2.04. The van der Waals surface area contributed by atoms with Crippen LogP contribution in [-0.4, -0.2) is 31.1 Å². The van der Waals surface area contributed by atoms with Gasteiger partial charge in [-0.05, 0) is 36.6 Å². The number of thioether (sulfide) groups is 1. The standard InChI is InChI=1S/C20H13Cl3N4OS/c1-29-20-24-9-8-15(25-20)18-17(11-4-2-5-12(21)10-11)26-19(27(18)28)16-13(22)6-3-7-14(16)23/h2-10,28H,1H3. The molecule has 2 aromatic heterocycles. The highest BCUT2D eigenvalue weighted by Gasteiger charge is 2.25. The largest absolute Gasteiger partial charge is 0.426 e. The summed E-state index contributed by atoms with van der Waals surface area (Å²) in [5, 5.41) is 13.0. The lowest BCUT2D eigenvalue weighted by Gasteiger charge is -2.08. The number of aromatic nitrogens is 4. The second-order valence-electron chi connectivity index (χ2n) is 5.98. The lowest BCUT2D eigenvalue weighted by Crippen LogP contribution is -2.00. The molecule has 0 spiro atoms. The molecule has 0 saturated heterocycles. The Morgan fingerprint density at radius 3 is 2.38 bits per heavy atom. The molecule has 0 fully saturated rings. The van der Waals surface area contributed by atoms with Crippen LogP contribution in [0.5, 0.6) is 0 Å². The molecule has 0 saturated carbocycles. The molecule has 0 bridgehead atoms. The van der Waals surface area contributed by atoms with Crippen LogP contribution in [0.25, 0.3) is 34.0 Å². The fourth-order valence-electron chi connectivity index (χ4n) is 2.92. The van der Waals surface area contributed by atoms with E-state index in [1.54, 1.807) is 42.6 Å². The van der Waals surface area contributed by atoms with Gasteiger partial charge in [-0.15, -0.1) is 0 Å². The SMILES string of the molecule is CSc1nccc(-c2c(-c3cccc(Cl)c3)nc(-c3c(Cl)cccc3Cl)n2O)n1. The fraction of sp³-hybridized carbons (Fsp3) is 0.0500. The molecule has 4 aromatic rings. The Labute approximate surface area is 186 Å². The van der Waals surface area contributed by atoms with Gasteiger partial charge in [0.2, 0.25) is 0 Å². The van der Waals surface area contributed by atoms with Crippen molar-refractivity contribution in [2.24, 2.45) is 0 Å². The van der Waals surface area contributed by atoms with Crippen LogP contribution in [0.15, 0.2) is 59.9 Å². The number of imidazole rings is 1. The van der Waals surface area contributed by atoms with Crippen molar-refractivity contribution < 1.29 is 5.21 Å². The van der Waals surface area contributed by atoms with Gasteiger partial charge in [-0.3, -0.25) is 0 Å². The summed E-state index contributed by atoms with van der Waals surface area (Å²) in [6.45, 7) is 0. The van der Waals surface area contributed by atoms with E-state index in [1.165, 1.54) is 11.8 Å². The van der Waals surface area contributed by atoms with E-state index in [0.717, 1.165) is 4.73 Å². The molecule has 0 aliphatic heterocycles. The molecule has 0 amide bonds.